The van der Waals surface area contributed by atoms with E-state index < -0.39 is 5.82 Å². The lowest BCUT2D eigenvalue weighted by Crippen LogP contribution is -2.24. The molecule has 0 aromatic heterocycles. The van der Waals surface area contributed by atoms with Gasteiger partial charge < -0.3 is 10.2 Å². The van der Waals surface area contributed by atoms with Crippen molar-refractivity contribution in [3.8, 4) is 0 Å². The van der Waals surface area contributed by atoms with E-state index in [-0.39, 0.29) is 28.8 Å². The molecule has 1 aliphatic rings. The van der Waals surface area contributed by atoms with Gasteiger partial charge in [-0.2, -0.15) is 0 Å². The van der Waals surface area contributed by atoms with Gasteiger partial charge in [0.05, 0.1) is 6.42 Å². The van der Waals surface area contributed by atoms with Gasteiger partial charge in [0.2, 0.25) is 11.8 Å². The van der Waals surface area contributed by atoms with Crippen molar-refractivity contribution in [3.63, 3.8) is 0 Å². The normalized spacial score (nSPS) is 14.1. The Morgan fingerprint density at radius 3 is 2.75 bits per heavy atom. The molecular weight excluding hydrogens is 331 g/mol. The molecule has 6 heteroatoms. The highest BCUT2D eigenvalue weighted by molar-refractivity contribution is 6.31. The van der Waals surface area contributed by atoms with E-state index in [1.165, 1.54) is 12.1 Å². The smallest absolute Gasteiger partial charge is 0.228 e. The Balaban J connectivity index is 1.72. The second-order valence-corrected chi connectivity index (χ2v) is 6.03. The summed E-state index contributed by atoms with van der Waals surface area (Å²) in [5, 5.41) is 2.94. The summed E-state index contributed by atoms with van der Waals surface area (Å²) in [4.78, 5) is 25.7. The lowest BCUT2D eigenvalue weighted by Gasteiger charge is -2.17. The number of halogens is 2. The summed E-state index contributed by atoms with van der Waals surface area (Å²) in [5.41, 5.74) is 1.48. The van der Waals surface area contributed by atoms with Crippen LogP contribution in [0.25, 0.3) is 0 Å². The van der Waals surface area contributed by atoms with E-state index in [4.69, 9.17) is 11.6 Å². The third-order valence-corrected chi connectivity index (χ3v) is 4.27. The molecule has 0 unspecified atom stereocenters. The summed E-state index contributed by atoms with van der Waals surface area (Å²) in [5.74, 6) is -0.794. The van der Waals surface area contributed by atoms with Gasteiger partial charge >= 0.3 is 0 Å². The zero-order valence-electron chi connectivity index (χ0n) is 12.9. The summed E-state index contributed by atoms with van der Waals surface area (Å²) in [7, 11) is 0. The zero-order chi connectivity index (χ0) is 17.1. The Labute approximate surface area is 144 Å². The zero-order valence-corrected chi connectivity index (χ0v) is 13.6. The lowest BCUT2D eigenvalue weighted by molar-refractivity contribution is -0.117. The number of nitrogens with one attached hydrogen (secondary N) is 1. The van der Waals surface area contributed by atoms with Gasteiger partial charge in [0.15, 0.2) is 0 Å². The number of amides is 2. The molecule has 0 aliphatic carbocycles. The van der Waals surface area contributed by atoms with Gasteiger partial charge in [-0.05, 0) is 36.8 Å². The van der Waals surface area contributed by atoms with Crippen molar-refractivity contribution in [3.05, 3.63) is 58.9 Å². The van der Waals surface area contributed by atoms with Gasteiger partial charge in [0, 0.05) is 34.9 Å². The largest absolute Gasteiger partial charge is 0.326 e. The van der Waals surface area contributed by atoms with Gasteiger partial charge in [-0.15, -0.1) is 0 Å². The molecule has 24 heavy (non-hydrogen) atoms. The highest BCUT2D eigenvalue weighted by Gasteiger charge is 2.22. The van der Waals surface area contributed by atoms with Gasteiger partial charge in [0.25, 0.3) is 0 Å². The van der Waals surface area contributed by atoms with E-state index in [9.17, 15) is 14.0 Å². The molecule has 1 aliphatic heterocycles. The third-order valence-electron chi connectivity index (χ3n) is 3.91. The van der Waals surface area contributed by atoms with Crippen LogP contribution < -0.4 is 10.2 Å². The average Bonchev–Trinajstić information content (AvgIpc) is 2.97. The van der Waals surface area contributed by atoms with Gasteiger partial charge in [0.1, 0.15) is 5.82 Å². The maximum absolute atomic E-state index is 13.8. The predicted molar refractivity (Wildman–Crippen MR) is 91.8 cm³/mol. The second kappa shape index (κ2) is 7.01. The van der Waals surface area contributed by atoms with Crippen LogP contribution in [0.3, 0.4) is 0 Å². The van der Waals surface area contributed by atoms with Crippen LogP contribution in [-0.2, 0) is 16.0 Å². The number of carbonyl (C=O) groups is 2. The summed E-state index contributed by atoms with van der Waals surface area (Å²) in [6.07, 6.45) is 1.22. The van der Waals surface area contributed by atoms with Gasteiger partial charge in [-0.25, -0.2) is 4.39 Å². The molecule has 1 fully saturated rings. The number of anilines is 2. The molecule has 0 bridgehead atoms. The van der Waals surface area contributed by atoms with Crippen LogP contribution in [0.15, 0.2) is 42.5 Å². The molecule has 2 amide bonds. The first-order valence-corrected chi connectivity index (χ1v) is 8.05. The number of carbonyl (C=O) groups excluding carboxylic acids is 2. The molecule has 1 N–H and O–H groups in total. The van der Waals surface area contributed by atoms with Crippen LogP contribution >= 0.6 is 11.6 Å². The van der Waals surface area contributed by atoms with Crippen molar-refractivity contribution < 1.29 is 14.0 Å². The van der Waals surface area contributed by atoms with E-state index in [0.29, 0.717) is 18.7 Å². The van der Waals surface area contributed by atoms with E-state index >= 15 is 0 Å². The molecule has 124 valence electrons. The average molecular weight is 347 g/mol. The van der Waals surface area contributed by atoms with E-state index in [1.54, 1.807) is 29.2 Å². The minimum atomic E-state index is -0.505. The molecule has 1 saturated heterocycles. The molecule has 3 rings (SSSR count). The van der Waals surface area contributed by atoms with Crippen LogP contribution in [-0.4, -0.2) is 18.4 Å². The number of hydrogen-bond acceptors (Lipinski definition) is 2. The van der Waals surface area contributed by atoms with E-state index in [2.05, 4.69) is 5.32 Å². The Morgan fingerprint density at radius 1 is 1.25 bits per heavy atom. The topological polar surface area (TPSA) is 49.4 Å². The summed E-state index contributed by atoms with van der Waals surface area (Å²) in [6, 6.07) is 11.4. The first-order valence-electron chi connectivity index (χ1n) is 7.68. The SMILES string of the molecule is O=C(Cc1c(F)cccc1Cl)Nc1cccc(N2CCCC2=O)c1. The fraction of sp³-hybridized carbons (Fsp3) is 0.222. The minimum Gasteiger partial charge on any atom is -0.326 e. The van der Waals surface area contributed by atoms with Crippen molar-refractivity contribution >= 4 is 34.8 Å². The van der Waals surface area contributed by atoms with Crippen LogP contribution in [0.4, 0.5) is 15.8 Å². The Bertz CT molecular complexity index is 774. The van der Waals surface area contributed by atoms with Gasteiger partial charge in [-0.1, -0.05) is 23.7 Å². The van der Waals surface area contributed by atoms with Crippen LogP contribution in [0.5, 0.6) is 0 Å². The van der Waals surface area contributed by atoms with E-state index in [0.717, 1.165) is 12.1 Å². The molecule has 2 aromatic rings. The Kier molecular flexibility index (Phi) is 4.81. The van der Waals surface area contributed by atoms with Gasteiger partial charge in [-0.3, -0.25) is 9.59 Å². The predicted octanol–water partition coefficient (Wildman–Crippen LogP) is 3.79. The maximum Gasteiger partial charge on any atom is 0.228 e. The Morgan fingerprint density at radius 2 is 2.04 bits per heavy atom. The van der Waals surface area contributed by atoms with Crippen molar-refractivity contribution in [1.82, 2.24) is 0 Å². The quantitative estimate of drug-likeness (QED) is 0.915. The molecule has 1 heterocycles. The molecule has 0 radical (unpaired) electrons. The molecular formula is C18H16ClFN2O2. The first-order chi connectivity index (χ1) is 11.5. The minimum absolute atomic E-state index is 0.0802. The van der Waals surface area contributed by atoms with Crippen LogP contribution in [0.1, 0.15) is 18.4 Å². The highest BCUT2D eigenvalue weighted by Crippen LogP contribution is 2.25. The summed E-state index contributed by atoms with van der Waals surface area (Å²) in [6.45, 7) is 0.682. The standard InChI is InChI=1S/C18H16ClFN2O2/c19-15-6-2-7-16(20)14(15)11-17(23)21-12-4-1-5-13(10-12)22-9-3-8-18(22)24/h1-2,4-7,10H,3,8-9,11H2,(H,21,23). The van der Waals surface area contributed by atoms with Crippen LogP contribution in [0, 0.1) is 5.82 Å². The van der Waals surface area contributed by atoms with Crippen LogP contribution in [0.2, 0.25) is 5.02 Å². The van der Waals surface area contributed by atoms with Crippen molar-refractivity contribution in [2.45, 2.75) is 19.3 Å². The fourth-order valence-electron chi connectivity index (χ4n) is 2.74. The Hall–Kier alpha value is -2.40. The highest BCUT2D eigenvalue weighted by atomic mass is 35.5. The number of nitrogens with zero attached hydrogens (tertiary/aromatic N) is 1. The molecule has 2 aromatic carbocycles. The molecule has 0 spiro atoms. The monoisotopic (exact) mass is 346 g/mol. The maximum atomic E-state index is 13.8. The fourth-order valence-corrected chi connectivity index (χ4v) is 2.97. The van der Waals surface area contributed by atoms with Crippen molar-refractivity contribution in [1.29, 1.82) is 0 Å². The third kappa shape index (κ3) is 3.57. The molecule has 0 atom stereocenters. The number of benzene rings is 2. The number of hydrogen-bond donors (Lipinski definition) is 1. The van der Waals surface area contributed by atoms with Crippen molar-refractivity contribution in [2.24, 2.45) is 0 Å². The van der Waals surface area contributed by atoms with Crippen molar-refractivity contribution in [2.75, 3.05) is 16.8 Å². The second-order valence-electron chi connectivity index (χ2n) is 5.62. The molecule has 0 saturated carbocycles. The summed E-state index contributed by atoms with van der Waals surface area (Å²) >= 11 is 5.94. The first kappa shape index (κ1) is 16.5. The summed E-state index contributed by atoms with van der Waals surface area (Å²) < 4.78 is 13.8. The van der Waals surface area contributed by atoms with E-state index in [1.807, 2.05) is 6.07 Å². The molecule has 4 nitrogen and oxygen atoms in total. The number of rotatable bonds is 4. The lowest BCUT2D eigenvalue weighted by atomic mass is 10.1.